The molecule has 0 saturated carbocycles. The van der Waals surface area contributed by atoms with Crippen LogP contribution in [0.3, 0.4) is 0 Å². The predicted octanol–water partition coefficient (Wildman–Crippen LogP) is 3.00. The van der Waals surface area contributed by atoms with Gasteiger partial charge in [0.15, 0.2) is 0 Å². The number of amides is 2. The van der Waals surface area contributed by atoms with Crippen LogP contribution in [0, 0.1) is 5.92 Å². The second kappa shape index (κ2) is 6.33. The number of likely N-dealkylation sites (tertiary alicyclic amines) is 1. The van der Waals surface area contributed by atoms with E-state index in [2.05, 4.69) is 0 Å². The van der Waals surface area contributed by atoms with Gasteiger partial charge in [0.25, 0.3) is 5.91 Å². The van der Waals surface area contributed by atoms with Crippen LogP contribution in [0.2, 0.25) is 8.67 Å². The summed E-state index contributed by atoms with van der Waals surface area (Å²) in [5.74, 6) is 0.0400. The summed E-state index contributed by atoms with van der Waals surface area (Å²) in [7, 11) is 3.51. The van der Waals surface area contributed by atoms with Crippen molar-refractivity contribution < 1.29 is 9.59 Å². The van der Waals surface area contributed by atoms with E-state index in [9.17, 15) is 9.59 Å². The Morgan fingerprint density at radius 3 is 2.35 bits per heavy atom. The molecule has 110 valence electrons. The van der Waals surface area contributed by atoms with Gasteiger partial charge in [-0.2, -0.15) is 0 Å². The zero-order chi connectivity index (χ0) is 14.9. The molecule has 7 heteroatoms. The fraction of sp³-hybridized carbons (Fsp3) is 0.538. The van der Waals surface area contributed by atoms with Crippen LogP contribution in [-0.2, 0) is 4.79 Å². The highest BCUT2D eigenvalue weighted by Crippen LogP contribution is 2.32. The molecule has 2 rings (SSSR count). The largest absolute Gasteiger partial charge is 0.349 e. The van der Waals surface area contributed by atoms with Gasteiger partial charge < -0.3 is 9.80 Å². The molecule has 0 unspecified atom stereocenters. The van der Waals surface area contributed by atoms with E-state index in [4.69, 9.17) is 23.2 Å². The molecule has 1 aromatic rings. The molecule has 1 aromatic heterocycles. The number of hydrogen-bond donors (Lipinski definition) is 0. The average Bonchev–Trinajstić information content (AvgIpc) is 2.76. The Hall–Kier alpha value is -0.780. The summed E-state index contributed by atoms with van der Waals surface area (Å²) in [6, 6.07) is 1.61. The second-order valence-electron chi connectivity index (χ2n) is 5.04. The van der Waals surface area contributed by atoms with Crippen LogP contribution in [0.5, 0.6) is 0 Å². The van der Waals surface area contributed by atoms with E-state index < -0.39 is 0 Å². The second-order valence-corrected chi connectivity index (χ2v) is 7.32. The van der Waals surface area contributed by atoms with Crippen molar-refractivity contribution in [1.82, 2.24) is 9.80 Å². The minimum Gasteiger partial charge on any atom is -0.349 e. The van der Waals surface area contributed by atoms with Gasteiger partial charge in [0.05, 0.1) is 9.90 Å². The first-order valence-electron chi connectivity index (χ1n) is 6.35. The third kappa shape index (κ3) is 3.27. The molecule has 1 saturated heterocycles. The quantitative estimate of drug-likeness (QED) is 0.834. The minimum absolute atomic E-state index is 0.00980. The predicted molar refractivity (Wildman–Crippen MR) is 81.7 cm³/mol. The van der Waals surface area contributed by atoms with Gasteiger partial charge in [0, 0.05) is 33.1 Å². The molecule has 0 N–H and O–H groups in total. The molecule has 4 nitrogen and oxygen atoms in total. The number of nitrogens with zero attached hydrogens (tertiary/aromatic N) is 2. The molecule has 1 aliphatic rings. The van der Waals surface area contributed by atoms with Crippen molar-refractivity contribution in [2.24, 2.45) is 5.92 Å². The summed E-state index contributed by atoms with van der Waals surface area (Å²) in [4.78, 5) is 27.6. The van der Waals surface area contributed by atoms with Crippen LogP contribution in [0.25, 0.3) is 0 Å². The van der Waals surface area contributed by atoms with Gasteiger partial charge in [-0.15, -0.1) is 11.3 Å². The van der Waals surface area contributed by atoms with Gasteiger partial charge in [0.2, 0.25) is 5.91 Å². The molecule has 20 heavy (non-hydrogen) atoms. The summed E-state index contributed by atoms with van der Waals surface area (Å²) in [5, 5.41) is 0. The van der Waals surface area contributed by atoms with E-state index in [0.717, 1.165) is 0 Å². The zero-order valence-corrected chi connectivity index (χ0v) is 13.7. The summed E-state index contributed by atoms with van der Waals surface area (Å²) < 4.78 is 0.933. The van der Waals surface area contributed by atoms with Crippen LogP contribution in [-0.4, -0.2) is 48.8 Å². The third-order valence-electron chi connectivity index (χ3n) is 3.46. The standard InChI is InChI=1S/C13H16Cl2N2O2S/c1-16(2)12(18)8-3-5-17(6-4-8)13(19)9-7-10(14)20-11(9)15/h7-8H,3-6H2,1-2H3. The van der Waals surface area contributed by atoms with Crippen molar-refractivity contribution in [3.63, 3.8) is 0 Å². The van der Waals surface area contributed by atoms with Gasteiger partial charge in [-0.05, 0) is 18.9 Å². The number of halogens is 2. The average molecular weight is 335 g/mol. The van der Waals surface area contributed by atoms with Crippen LogP contribution in [0.15, 0.2) is 6.07 Å². The zero-order valence-electron chi connectivity index (χ0n) is 11.4. The minimum atomic E-state index is -0.103. The highest BCUT2D eigenvalue weighted by molar-refractivity contribution is 7.20. The van der Waals surface area contributed by atoms with E-state index >= 15 is 0 Å². The van der Waals surface area contributed by atoms with E-state index in [-0.39, 0.29) is 17.7 Å². The van der Waals surface area contributed by atoms with Crippen molar-refractivity contribution in [1.29, 1.82) is 0 Å². The van der Waals surface area contributed by atoms with Crippen molar-refractivity contribution in [3.8, 4) is 0 Å². The Bertz CT molecular complexity index is 522. The molecule has 0 bridgehead atoms. The Morgan fingerprint density at radius 1 is 1.30 bits per heavy atom. The van der Waals surface area contributed by atoms with E-state index in [0.29, 0.717) is 40.2 Å². The highest BCUT2D eigenvalue weighted by atomic mass is 35.5. The van der Waals surface area contributed by atoms with Crippen LogP contribution in [0.4, 0.5) is 0 Å². The van der Waals surface area contributed by atoms with Gasteiger partial charge in [-0.1, -0.05) is 23.2 Å². The van der Waals surface area contributed by atoms with Gasteiger partial charge in [-0.25, -0.2) is 0 Å². The molecule has 2 heterocycles. The SMILES string of the molecule is CN(C)C(=O)C1CCN(C(=O)c2cc(Cl)sc2Cl)CC1. The van der Waals surface area contributed by atoms with Gasteiger partial charge >= 0.3 is 0 Å². The van der Waals surface area contributed by atoms with Gasteiger partial charge in [0.1, 0.15) is 4.34 Å². The maximum atomic E-state index is 12.3. The Kier molecular flexibility index (Phi) is 4.94. The Morgan fingerprint density at radius 2 is 1.90 bits per heavy atom. The summed E-state index contributed by atoms with van der Waals surface area (Å²) in [5.41, 5.74) is 0.457. The van der Waals surface area contributed by atoms with Crippen molar-refractivity contribution in [3.05, 3.63) is 20.3 Å². The number of hydrogen-bond acceptors (Lipinski definition) is 3. The fourth-order valence-electron chi connectivity index (χ4n) is 2.35. The lowest BCUT2D eigenvalue weighted by Crippen LogP contribution is -2.42. The number of carbonyl (C=O) groups is 2. The van der Waals surface area contributed by atoms with E-state index in [1.165, 1.54) is 11.3 Å². The first-order chi connectivity index (χ1) is 9.40. The summed E-state index contributed by atoms with van der Waals surface area (Å²) >= 11 is 13.1. The summed E-state index contributed by atoms with van der Waals surface area (Å²) in [6.45, 7) is 1.15. The molecule has 0 aromatic carbocycles. The van der Waals surface area contributed by atoms with Crippen molar-refractivity contribution in [2.45, 2.75) is 12.8 Å². The normalized spacial score (nSPS) is 16.3. The maximum absolute atomic E-state index is 12.3. The van der Waals surface area contributed by atoms with Crippen LogP contribution < -0.4 is 0 Å². The molecular formula is C13H16Cl2N2O2S. The van der Waals surface area contributed by atoms with Gasteiger partial charge in [-0.3, -0.25) is 9.59 Å². The molecule has 1 fully saturated rings. The van der Waals surface area contributed by atoms with Crippen molar-refractivity contribution in [2.75, 3.05) is 27.2 Å². The Labute approximate surface area is 132 Å². The van der Waals surface area contributed by atoms with Crippen LogP contribution in [0.1, 0.15) is 23.2 Å². The molecule has 0 aliphatic carbocycles. The lowest BCUT2D eigenvalue weighted by atomic mass is 9.95. The number of carbonyl (C=O) groups excluding carboxylic acids is 2. The molecule has 0 radical (unpaired) electrons. The van der Waals surface area contributed by atoms with Crippen molar-refractivity contribution >= 4 is 46.4 Å². The Balaban J connectivity index is 1.99. The molecule has 0 spiro atoms. The van der Waals surface area contributed by atoms with E-state index in [1.807, 2.05) is 0 Å². The summed E-state index contributed by atoms with van der Waals surface area (Å²) in [6.07, 6.45) is 1.39. The highest BCUT2D eigenvalue weighted by Gasteiger charge is 2.29. The maximum Gasteiger partial charge on any atom is 0.256 e. The van der Waals surface area contributed by atoms with E-state index in [1.54, 1.807) is 30.0 Å². The number of thiophene rings is 1. The topological polar surface area (TPSA) is 40.6 Å². The lowest BCUT2D eigenvalue weighted by Gasteiger charge is -2.32. The monoisotopic (exact) mass is 334 g/mol. The molecule has 1 aliphatic heterocycles. The molecule has 2 amide bonds. The third-order valence-corrected chi connectivity index (χ3v) is 4.95. The van der Waals surface area contributed by atoms with Crippen LogP contribution >= 0.6 is 34.5 Å². The smallest absolute Gasteiger partial charge is 0.256 e. The molecular weight excluding hydrogens is 319 g/mol. The molecule has 0 atom stereocenters. The first-order valence-corrected chi connectivity index (χ1v) is 7.92. The lowest BCUT2D eigenvalue weighted by molar-refractivity contribution is -0.134. The number of piperidine rings is 1. The fourth-order valence-corrected chi connectivity index (χ4v) is 3.80. The first kappa shape index (κ1) is 15.6. The number of rotatable bonds is 2.